The molecule has 1 aliphatic carbocycles. The maximum Gasteiger partial charge on any atom is 0.377 e. The minimum Gasteiger partial charge on any atom is -0.437 e. The number of anilines is 1. The molecule has 0 saturated heterocycles. The summed E-state index contributed by atoms with van der Waals surface area (Å²) >= 11 is 1.49. The van der Waals surface area contributed by atoms with E-state index in [1.807, 2.05) is 65.1 Å². The average Bonchev–Trinajstić information content (AvgIpc) is 3.50. The lowest BCUT2D eigenvalue weighted by atomic mass is 9.95. The smallest absolute Gasteiger partial charge is 0.377 e. The Hall–Kier alpha value is -3.32. The van der Waals surface area contributed by atoms with Gasteiger partial charge in [0.05, 0.1) is 11.8 Å². The lowest BCUT2D eigenvalue weighted by Gasteiger charge is -2.22. The van der Waals surface area contributed by atoms with E-state index < -0.39 is 0 Å². The van der Waals surface area contributed by atoms with Crippen molar-refractivity contribution in [1.82, 2.24) is 4.57 Å². The van der Waals surface area contributed by atoms with Gasteiger partial charge < -0.3 is 14.1 Å². The number of oxazole rings is 1. The molecule has 6 nitrogen and oxygen atoms in total. The highest BCUT2D eigenvalue weighted by Crippen LogP contribution is 2.37. The minimum absolute atomic E-state index is 0.0250. The van der Waals surface area contributed by atoms with Crippen molar-refractivity contribution in [3.8, 4) is 5.75 Å². The van der Waals surface area contributed by atoms with Gasteiger partial charge in [0.1, 0.15) is 11.2 Å². The second kappa shape index (κ2) is 8.47. The second-order valence-electron chi connectivity index (χ2n) is 8.97. The van der Waals surface area contributed by atoms with E-state index in [4.69, 9.17) is 9.15 Å². The summed E-state index contributed by atoms with van der Waals surface area (Å²) in [6, 6.07) is 16.2. The average molecular weight is 475 g/mol. The van der Waals surface area contributed by atoms with E-state index in [0.717, 1.165) is 65.3 Å². The standard InChI is InChI=1S/C27H28N3O3S/c1-3-29-20-14-8-10-16-22(20)32-23(29)17-24-30(18-11-5-4-6-12-18)26(31)25(34-24)27-28(2)19-13-7-9-15-21(19)33-27/h7-10,13-18H,3-6,11-12H2,1-2H3/q+1/b27-25+. The topological polar surface area (TPSA) is 51.5 Å². The highest BCUT2D eigenvalue weighted by molar-refractivity contribution is 7.07. The molecule has 0 radical (unpaired) electrons. The first-order valence-electron chi connectivity index (χ1n) is 12.0. The van der Waals surface area contributed by atoms with Gasteiger partial charge in [0.25, 0.3) is 11.1 Å². The van der Waals surface area contributed by atoms with Gasteiger partial charge in [0.15, 0.2) is 10.3 Å². The molecule has 1 saturated carbocycles. The molecule has 4 aromatic rings. The monoisotopic (exact) mass is 474 g/mol. The number of hydrogen-bond acceptors (Lipinski definition) is 5. The molecule has 1 aliphatic heterocycles. The molecule has 34 heavy (non-hydrogen) atoms. The van der Waals surface area contributed by atoms with Crippen molar-refractivity contribution in [2.45, 2.75) is 51.6 Å². The fraction of sp³-hybridized carbons (Fsp3) is 0.333. The first-order valence-corrected chi connectivity index (χ1v) is 12.9. The van der Waals surface area contributed by atoms with Gasteiger partial charge in [-0.25, -0.2) is 0 Å². The summed E-state index contributed by atoms with van der Waals surface area (Å²) in [4.78, 5) is 15.9. The Labute approximate surface area is 201 Å². The van der Waals surface area contributed by atoms with E-state index in [0.29, 0.717) is 10.4 Å². The van der Waals surface area contributed by atoms with E-state index in [2.05, 4.69) is 17.6 Å². The Morgan fingerprint density at radius 2 is 1.85 bits per heavy atom. The maximum atomic E-state index is 13.9. The fourth-order valence-corrected chi connectivity index (χ4v) is 6.37. The van der Waals surface area contributed by atoms with Crippen LogP contribution in [0.15, 0.2) is 57.7 Å². The van der Waals surface area contributed by atoms with E-state index in [-0.39, 0.29) is 11.6 Å². The number of fused-ring (bicyclic) bond motifs is 2. The molecular weight excluding hydrogens is 446 g/mol. The molecule has 0 amide bonds. The van der Waals surface area contributed by atoms with Gasteiger partial charge in [-0.3, -0.25) is 9.36 Å². The van der Waals surface area contributed by atoms with Crippen molar-refractivity contribution in [2.75, 3.05) is 11.9 Å². The van der Waals surface area contributed by atoms with Crippen molar-refractivity contribution >= 4 is 40.1 Å². The summed E-state index contributed by atoms with van der Waals surface area (Å²) in [5.74, 6) is 2.15. The number of benzene rings is 2. The lowest BCUT2D eigenvalue weighted by molar-refractivity contribution is -0.674. The van der Waals surface area contributed by atoms with E-state index in [1.165, 1.54) is 17.8 Å². The quantitative estimate of drug-likeness (QED) is 0.423. The molecule has 0 spiro atoms. The number of rotatable bonds is 3. The highest BCUT2D eigenvalue weighted by Gasteiger charge is 2.28. The third kappa shape index (κ3) is 3.38. The van der Waals surface area contributed by atoms with Gasteiger partial charge in [-0.1, -0.05) is 43.5 Å². The summed E-state index contributed by atoms with van der Waals surface area (Å²) in [6.45, 7) is 2.90. The number of ether oxygens (including phenoxy) is 1. The zero-order chi connectivity index (χ0) is 23.2. The SMILES string of the molecule is CC[n+]1c(/C=c2\s/c(=C3/Oc4ccccc4N3C)c(=O)n2C2CCCCC2)oc2ccccc21. The number of para-hydroxylation sites is 4. The Morgan fingerprint density at radius 1 is 1.09 bits per heavy atom. The third-order valence-corrected chi connectivity index (χ3v) is 8.01. The number of aryl methyl sites for hydroxylation is 1. The van der Waals surface area contributed by atoms with Crippen LogP contribution in [0.5, 0.6) is 5.75 Å². The Balaban J connectivity index is 1.60. The predicted molar refractivity (Wildman–Crippen MR) is 134 cm³/mol. The van der Waals surface area contributed by atoms with Crippen molar-refractivity contribution in [3.05, 3.63) is 74.0 Å². The van der Waals surface area contributed by atoms with E-state index in [9.17, 15) is 4.79 Å². The van der Waals surface area contributed by atoms with Crippen LogP contribution in [0.25, 0.3) is 23.1 Å². The van der Waals surface area contributed by atoms with Gasteiger partial charge >= 0.3 is 5.89 Å². The lowest BCUT2D eigenvalue weighted by Crippen LogP contribution is -2.39. The largest absolute Gasteiger partial charge is 0.437 e. The van der Waals surface area contributed by atoms with Crippen LogP contribution in [-0.2, 0) is 6.54 Å². The first-order chi connectivity index (χ1) is 16.7. The molecule has 174 valence electrons. The van der Waals surface area contributed by atoms with Crippen LogP contribution >= 0.6 is 11.3 Å². The molecule has 6 rings (SSSR count). The molecular formula is C27H28N3O3S+. The van der Waals surface area contributed by atoms with Crippen LogP contribution in [0, 0.1) is 0 Å². The molecule has 3 heterocycles. The van der Waals surface area contributed by atoms with Crippen LogP contribution < -0.4 is 29.0 Å². The number of thiazole rings is 1. The summed E-state index contributed by atoms with van der Waals surface area (Å²) in [6.07, 6.45) is 7.63. The summed E-state index contributed by atoms with van der Waals surface area (Å²) in [7, 11) is 1.96. The maximum absolute atomic E-state index is 13.9. The normalized spacial score (nSPS) is 18.5. The van der Waals surface area contributed by atoms with Crippen LogP contribution in [0.3, 0.4) is 0 Å². The van der Waals surface area contributed by atoms with E-state index >= 15 is 0 Å². The Morgan fingerprint density at radius 3 is 2.65 bits per heavy atom. The van der Waals surface area contributed by atoms with Crippen molar-refractivity contribution in [3.63, 3.8) is 0 Å². The highest BCUT2D eigenvalue weighted by atomic mass is 32.1. The summed E-state index contributed by atoms with van der Waals surface area (Å²) in [5, 5.41) is 0. The van der Waals surface area contributed by atoms with Crippen LogP contribution in [0.4, 0.5) is 5.69 Å². The molecule has 1 fully saturated rings. The van der Waals surface area contributed by atoms with E-state index in [1.54, 1.807) is 0 Å². The first kappa shape index (κ1) is 21.2. The third-order valence-electron chi connectivity index (χ3n) is 6.93. The molecule has 7 heteroatoms. The summed E-state index contributed by atoms with van der Waals surface area (Å²) in [5.41, 5.74) is 2.91. The van der Waals surface area contributed by atoms with Gasteiger partial charge in [-0.15, -0.1) is 11.3 Å². The Kier molecular flexibility index (Phi) is 5.29. The van der Waals surface area contributed by atoms with Gasteiger partial charge in [-0.05, 0) is 38.0 Å². The number of nitrogens with zero attached hydrogens (tertiary/aromatic N) is 3. The fourth-order valence-electron chi connectivity index (χ4n) is 5.22. The van der Waals surface area contributed by atoms with Crippen molar-refractivity contribution in [1.29, 1.82) is 0 Å². The molecule has 2 aliphatic rings. The van der Waals surface area contributed by atoms with Gasteiger partial charge in [0, 0.05) is 19.2 Å². The molecule has 0 N–H and O–H groups in total. The van der Waals surface area contributed by atoms with Gasteiger partial charge in [0.2, 0.25) is 11.5 Å². The van der Waals surface area contributed by atoms with Crippen molar-refractivity contribution < 1.29 is 13.7 Å². The molecule has 0 atom stereocenters. The molecule has 0 unspecified atom stereocenters. The molecule has 2 aromatic heterocycles. The van der Waals surface area contributed by atoms with Crippen molar-refractivity contribution in [2.24, 2.45) is 0 Å². The van der Waals surface area contributed by atoms with Crippen LogP contribution in [0.1, 0.15) is 51.0 Å². The number of aromatic nitrogens is 2. The van der Waals surface area contributed by atoms with Crippen LogP contribution in [-0.4, -0.2) is 11.6 Å². The number of hydrogen-bond donors (Lipinski definition) is 0. The Bertz CT molecular complexity index is 1560. The predicted octanol–water partition coefficient (Wildman–Crippen LogP) is 3.89. The molecule has 0 bridgehead atoms. The van der Waals surface area contributed by atoms with Crippen LogP contribution in [0.2, 0.25) is 0 Å². The zero-order valence-corrected chi connectivity index (χ0v) is 20.3. The molecule has 2 aromatic carbocycles. The minimum atomic E-state index is 0.0250. The second-order valence-corrected chi connectivity index (χ2v) is 10.00. The summed E-state index contributed by atoms with van der Waals surface area (Å²) < 4.78 is 18.1. The van der Waals surface area contributed by atoms with Gasteiger partial charge in [-0.2, -0.15) is 4.57 Å². The zero-order valence-electron chi connectivity index (χ0n) is 19.5.